The number of β-amino-alcohol motifs (C(OH)–C–C–N with tert-alkyl or cyclic N) is 2. The largest absolute Gasteiger partial charge is 0.476 e. The molecule has 6 N–H and O–H groups in total. The van der Waals surface area contributed by atoms with Crippen LogP contribution in [0.1, 0.15) is 43.2 Å². The number of aryl methyl sites for hydroxylation is 2. The Kier molecular flexibility index (Phi) is 17.5. The molecule has 1 amide bonds. The average Bonchev–Trinajstić information content (AvgIpc) is 4.15. The van der Waals surface area contributed by atoms with Crippen LogP contribution < -0.4 is 11.1 Å². The Bertz CT molecular complexity index is 3030. The van der Waals surface area contributed by atoms with Crippen molar-refractivity contribution in [3.05, 3.63) is 156 Å². The second kappa shape index (κ2) is 23.2. The monoisotopic (exact) mass is 982 g/mol. The Morgan fingerprint density at radius 1 is 0.652 bits per heavy atom. The van der Waals surface area contributed by atoms with Crippen LogP contribution in [0.25, 0.3) is 33.5 Å². The number of imidazole rings is 2. The first-order valence-electron chi connectivity index (χ1n) is 21.8. The first-order chi connectivity index (χ1) is 32.3. The van der Waals surface area contributed by atoms with Crippen molar-refractivity contribution in [2.75, 3.05) is 39.3 Å². The predicted octanol–water partition coefficient (Wildman–Crippen LogP) is 4.18. The SMILES string of the molecule is Cn1cc(-c2ccc3nc(C(=O)NC[C@H](O)CN4CCc5cc(F)ccc5C4)cn3c2)cn1.Cn1cc(-c2ccc3nc(C(=O)O)cn3c2)cn1.NC[C@H](O)CN1CCc2cc(F)ccc2C1.S.S. The zero-order valence-electron chi connectivity index (χ0n) is 38.1. The summed E-state index contributed by atoms with van der Waals surface area (Å²) in [5.74, 6) is -1.75. The number of carboxylic acid groups (broad SMARTS) is 1. The van der Waals surface area contributed by atoms with E-state index < -0.39 is 18.2 Å². The zero-order chi connectivity index (χ0) is 47.2. The van der Waals surface area contributed by atoms with Gasteiger partial charge in [-0.05, 0) is 83.6 Å². The van der Waals surface area contributed by atoms with Gasteiger partial charge in [0.1, 0.15) is 28.6 Å². The summed E-state index contributed by atoms with van der Waals surface area (Å²) < 4.78 is 33.3. The highest BCUT2D eigenvalue weighted by atomic mass is 32.1. The molecule has 0 spiro atoms. The van der Waals surface area contributed by atoms with Gasteiger partial charge in [0.2, 0.25) is 0 Å². The number of aliphatic hydroxyl groups excluding tert-OH is 2. The topological polar surface area (TPSA) is 210 Å². The van der Waals surface area contributed by atoms with Crippen molar-refractivity contribution >= 4 is 50.2 Å². The number of rotatable bonds is 11. The van der Waals surface area contributed by atoms with Gasteiger partial charge in [-0.1, -0.05) is 12.1 Å². The van der Waals surface area contributed by atoms with Gasteiger partial charge in [0, 0.05) is 126 Å². The number of aromatic nitrogens is 8. The standard InChI is InChI=1S/C24H25FN6O2.C12H17FN2O.C12H10N4O2.2H2S/c1-29-11-19(9-27-29)18-3-5-23-28-22(15-31(23)13-18)24(33)26-10-21(32)14-30-7-6-16-8-20(25)4-2-17(16)12-30;13-11-2-1-10-7-15(8-12(16)6-14)4-3-9(10)5-11;1-15-5-9(4-13-15)8-2-3-11-14-10(12(17)18)7-16(11)6-8;;/h2-5,8-9,11,13,15,21,32H,6-7,10,12,14H2,1H3,(H,26,33);1-2,5,12,16H,3-4,6-8,14H2;2-7H,1H3,(H,17,18);2*1H2/t21-;12-;;;/m00.../s1. The summed E-state index contributed by atoms with van der Waals surface area (Å²) in [5.41, 5.74) is 15.2. The smallest absolute Gasteiger partial charge is 0.356 e. The van der Waals surface area contributed by atoms with Gasteiger partial charge in [-0.25, -0.2) is 23.5 Å². The fourth-order valence-corrected chi connectivity index (χ4v) is 8.19. The van der Waals surface area contributed by atoms with E-state index >= 15 is 0 Å². The van der Waals surface area contributed by atoms with Gasteiger partial charge in [0.25, 0.3) is 5.91 Å². The van der Waals surface area contributed by atoms with Crippen LogP contribution >= 0.6 is 27.0 Å². The fourth-order valence-electron chi connectivity index (χ4n) is 8.19. The molecule has 0 saturated carbocycles. The van der Waals surface area contributed by atoms with Gasteiger partial charge in [-0.2, -0.15) is 37.2 Å². The van der Waals surface area contributed by atoms with E-state index in [0.29, 0.717) is 36.6 Å². The van der Waals surface area contributed by atoms with E-state index in [0.717, 1.165) is 77.0 Å². The van der Waals surface area contributed by atoms with Crippen LogP contribution in [-0.4, -0.2) is 127 Å². The second-order valence-corrected chi connectivity index (χ2v) is 16.8. The third-order valence-corrected chi connectivity index (χ3v) is 11.7. The molecule has 10 rings (SSSR count). The number of nitrogens with one attached hydrogen (secondary N) is 1. The molecular weight excluding hydrogens is 927 g/mol. The quantitative estimate of drug-likeness (QED) is 0.124. The fraction of sp³-hybridized carbons (Fsp3) is 0.292. The summed E-state index contributed by atoms with van der Waals surface area (Å²) in [5, 5.41) is 39.9. The number of halogens is 2. The van der Waals surface area contributed by atoms with Gasteiger partial charge in [0.15, 0.2) is 5.69 Å². The molecule has 0 saturated heterocycles. The number of aromatic carboxylic acids is 1. The van der Waals surface area contributed by atoms with E-state index in [9.17, 15) is 28.6 Å². The zero-order valence-corrected chi connectivity index (χ0v) is 40.1. The van der Waals surface area contributed by atoms with E-state index in [1.54, 1.807) is 56.6 Å². The van der Waals surface area contributed by atoms with Crippen molar-refractivity contribution < 1.29 is 33.7 Å². The highest BCUT2D eigenvalue weighted by molar-refractivity contribution is 7.59. The summed E-state index contributed by atoms with van der Waals surface area (Å²) in [6.07, 6.45) is 14.7. The lowest BCUT2D eigenvalue weighted by Crippen LogP contribution is -2.42. The summed E-state index contributed by atoms with van der Waals surface area (Å²) in [4.78, 5) is 36.1. The normalized spacial score (nSPS) is 14.2. The summed E-state index contributed by atoms with van der Waals surface area (Å²) >= 11 is 0. The van der Waals surface area contributed by atoms with Crippen LogP contribution in [0.3, 0.4) is 0 Å². The summed E-state index contributed by atoms with van der Waals surface area (Å²) in [7, 11) is 3.71. The van der Waals surface area contributed by atoms with Gasteiger partial charge in [-0.15, -0.1) is 0 Å². The highest BCUT2D eigenvalue weighted by Gasteiger charge is 2.21. The number of hydrogen-bond acceptors (Lipinski definition) is 11. The lowest BCUT2D eigenvalue weighted by atomic mass is 9.99. The molecule has 69 heavy (non-hydrogen) atoms. The molecule has 2 aliphatic heterocycles. The number of carbonyl (C=O) groups is 2. The maximum Gasteiger partial charge on any atom is 0.356 e. The number of nitrogens with zero attached hydrogens (tertiary/aromatic N) is 10. The van der Waals surface area contributed by atoms with Gasteiger partial charge in [-0.3, -0.25) is 24.0 Å². The molecular formula is C48H56F2N12O5S2. The number of amides is 1. The summed E-state index contributed by atoms with van der Waals surface area (Å²) in [6.45, 7) is 4.46. The second-order valence-electron chi connectivity index (χ2n) is 16.8. The molecule has 0 radical (unpaired) electrons. The molecule has 6 aromatic heterocycles. The van der Waals surface area contributed by atoms with Crippen molar-refractivity contribution in [1.29, 1.82) is 0 Å². The lowest BCUT2D eigenvalue weighted by molar-refractivity contribution is 0.0690. The van der Waals surface area contributed by atoms with Crippen LogP contribution in [0, 0.1) is 11.6 Å². The number of nitrogens with two attached hydrogens (primary N) is 1. The van der Waals surface area contributed by atoms with Gasteiger partial charge >= 0.3 is 5.97 Å². The number of carbonyl (C=O) groups excluding carboxylic acids is 1. The molecule has 21 heteroatoms. The molecule has 17 nitrogen and oxygen atoms in total. The molecule has 0 bridgehead atoms. The number of benzene rings is 2. The van der Waals surface area contributed by atoms with Crippen molar-refractivity contribution in [3.63, 3.8) is 0 Å². The maximum absolute atomic E-state index is 13.4. The molecule has 0 unspecified atom stereocenters. The lowest BCUT2D eigenvalue weighted by Gasteiger charge is -2.30. The van der Waals surface area contributed by atoms with Gasteiger partial charge in [0.05, 0.1) is 24.6 Å². The van der Waals surface area contributed by atoms with Crippen molar-refractivity contribution in [3.8, 4) is 22.3 Å². The van der Waals surface area contributed by atoms with E-state index in [4.69, 9.17) is 10.8 Å². The van der Waals surface area contributed by atoms with Crippen LogP contribution in [0.4, 0.5) is 8.78 Å². The Morgan fingerprint density at radius 2 is 1.13 bits per heavy atom. The van der Waals surface area contributed by atoms with Crippen molar-refractivity contribution in [2.45, 2.75) is 38.1 Å². The third kappa shape index (κ3) is 13.2. The third-order valence-electron chi connectivity index (χ3n) is 11.7. The summed E-state index contributed by atoms with van der Waals surface area (Å²) in [6, 6.07) is 17.2. The Hall–Kier alpha value is -6.46. The average molecular weight is 983 g/mol. The Morgan fingerprint density at radius 3 is 1.59 bits per heavy atom. The van der Waals surface area contributed by atoms with E-state index in [1.165, 1.54) is 18.3 Å². The number of fused-ring (bicyclic) bond motifs is 4. The highest BCUT2D eigenvalue weighted by Crippen LogP contribution is 2.23. The minimum atomic E-state index is -1.03. The molecule has 2 aromatic carbocycles. The predicted molar refractivity (Wildman–Crippen MR) is 267 cm³/mol. The minimum absolute atomic E-state index is 0. The van der Waals surface area contributed by atoms with E-state index in [1.807, 2.05) is 67.5 Å². The Balaban J connectivity index is 0.000000184. The number of aliphatic hydroxyl groups is 2. The van der Waals surface area contributed by atoms with E-state index in [2.05, 4.69) is 35.3 Å². The molecule has 0 fully saturated rings. The number of pyridine rings is 2. The molecule has 2 aliphatic rings. The Labute approximate surface area is 410 Å². The number of hydrogen-bond donors (Lipinski definition) is 5. The molecule has 8 aromatic rings. The molecule has 364 valence electrons. The minimum Gasteiger partial charge on any atom is -0.476 e. The first-order valence-corrected chi connectivity index (χ1v) is 21.8. The molecule has 2 atom stereocenters. The molecule has 8 heterocycles. The van der Waals surface area contributed by atoms with Crippen LogP contribution in [0.15, 0.2) is 110 Å². The van der Waals surface area contributed by atoms with Crippen molar-refractivity contribution in [2.24, 2.45) is 19.8 Å². The van der Waals surface area contributed by atoms with E-state index in [-0.39, 0.29) is 63.3 Å². The van der Waals surface area contributed by atoms with Crippen LogP contribution in [0.5, 0.6) is 0 Å². The van der Waals surface area contributed by atoms with Crippen LogP contribution in [-0.2, 0) is 40.0 Å². The first kappa shape index (κ1) is 51.9. The van der Waals surface area contributed by atoms with Crippen LogP contribution in [0.2, 0.25) is 0 Å². The van der Waals surface area contributed by atoms with Crippen molar-refractivity contribution in [1.82, 2.24) is 53.4 Å². The van der Waals surface area contributed by atoms with Gasteiger partial charge < -0.3 is 35.2 Å². The maximum atomic E-state index is 13.4. The number of carboxylic acids is 1. The molecule has 0 aliphatic carbocycles.